The highest BCUT2D eigenvalue weighted by Crippen LogP contribution is 2.42. The molecule has 0 aliphatic carbocycles. The van der Waals surface area contributed by atoms with Crippen molar-refractivity contribution in [2.75, 3.05) is 0 Å². The van der Waals surface area contributed by atoms with E-state index in [0.717, 1.165) is 31.4 Å². The van der Waals surface area contributed by atoms with Gasteiger partial charge in [-0.15, -0.1) is 11.3 Å². The van der Waals surface area contributed by atoms with Crippen molar-refractivity contribution in [1.82, 2.24) is 4.57 Å². The minimum Gasteiger partial charge on any atom is -0.478 e. The van der Waals surface area contributed by atoms with Crippen molar-refractivity contribution in [3.05, 3.63) is 74.8 Å². The van der Waals surface area contributed by atoms with Crippen LogP contribution in [0.1, 0.15) is 20.9 Å². The zero-order valence-electron chi connectivity index (χ0n) is 15.0. The van der Waals surface area contributed by atoms with Crippen molar-refractivity contribution >= 4 is 51.6 Å². The SMILES string of the molecule is Cc1cc(-n2c(C)c(Sc3cccc(C(=O)O)c3)c3ccc(Cl)c(F)c32)cs1. The predicted molar refractivity (Wildman–Crippen MR) is 113 cm³/mol. The smallest absolute Gasteiger partial charge is 0.335 e. The fourth-order valence-electron chi connectivity index (χ4n) is 3.21. The molecule has 1 N–H and O–H groups in total. The third-order valence-electron chi connectivity index (χ3n) is 4.48. The number of thiophene rings is 1. The average Bonchev–Trinajstić information content (AvgIpc) is 3.20. The van der Waals surface area contributed by atoms with Crippen LogP contribution >= 0.6 is 34.7 Å². The number of fused-ring (bicyclic) bond motifs is 1. The normalized spacial score (nSPS) is 11.3. The Labute approximate surface area is 174 Å². The molecule has 28 heavy (non-hydrogen) atoms. The van der Waals surface area contributed by atoms with E-state index < -0.39 is 11.8 Å². The van der Waals surface area contributed by atoms with Crippen LogP contribution in [-0.4, -0.2) is 15.6 Å². The van der Waals surface area contributed by atoms with E-state index in [1.807, 2.05) is 42.0 Å². The maximum atomic E-state index is 15.0. The van der Waals surface area contributed by atoms with Gasteiger partial charge >= 0.3 is 5.97 Å². The minimum atomic E-state index is -0.979. The van der Waals surface area contributed by atoms with Crippen molar-refractivity contribution in [2.45, 2.75) is 23.6 Å². The Bertz CT molecular complexity index is 1230. The first kappa shape index (κ1) is 19.1. The molecule has 0 fully saturated rings. The first-order valence-electron chi connectivity index (χ1n) is 8.42. The molecule has 0 spiro atoms. The second-order valence-electron chi connectivity index (χ2n) is 6.36. The molecule has 0 amide bonds. The van der Waals surface area contributed by atoms with E-state index in [4.69, 9.17) is 11.6 Å². The topological polar surface area (TPSA) is 42.2 Å². The number of aromatic carboxylic acids is 1. The largest absolute Gasteiger partial charge is 0.478 e. The zero-order valence-corrected chi connectivity index (χ0v) is 17.4. The van der Waals surface area contributed by atoms with E-state index in [-0.39, 0.29) is 10.6 Å². The van der Waals surface area contributed by atoms with E-state index in [2.05, 4.69) is 0 Å². The molecule has 0 saturated heterocycles. The average molecular weight is 432 g/mol. The quantitative estimate of drug-likeness (QED) is 0.380. The molecule has 0 saturated carbocycles. The maximum Gasteiger partial charge on any atom is 0.335 e. The second kappa shape index (κ2) is 7.28. The van der Waals surface area contributed by atoms with Gasteiger partial charge in [-0.25, -0.2) is 9.18 Å². The fraction of sp³-hybridized carbons (Fsp3) is 0.0952. The summed E-state index contributed by atoms with van der Waals surface area (Å²) in [5.41, 5.74) is 2.41. The molecule has 0 radical (unpaired) electrons. The summed E-state index contributed by atoms with van der Waals surface area (Å²) in [7, 11) is 0. The monoisotopic (exact) mass is 431 g/mol. The number of carboxylic acid groups (broad SMARTS) is 1. The molecule has 142 valence electrons. The van der Waals surface area contributed by atoms with Gasteiger partial charge in [-0.2, -0.15) is 0 Å². The van der Waals surface area contributed by atoms with E-state index in [1.54, 1.807) is 35.6 Å². The summed E-state index contributed by atoms with van der Waals surface area (Å²) >= 11 is 9.09. The van der Waals surface area contributed by atoms with Crippen molar-refractivity contribution in [3.8, 4) is 5.69 Å². The molecule has 0 bridgehead atoms. The summed E-state index contributed by atoms with van der Waals surface area (Å²) in [6, 6.07) is 12.1. The standard InChI is InChI=1S/C21H15ClFNO2S2/c1-11-8-14(10-27-11)24-12(2)20(16-6-7-17(22)18(23)19(16)24)28-15-5-3-4-13(9-15)21(25)26/h3-10H,1-2H3,(H,25,26). The fourth-order valence-corrected chi connectivity index (χ4v) is 5.12. The first-order valence-corrected chi connectivity index (χ1v) is 10.5. The van der Waals surface area contributed by atoms with Crippen LogP contribution in [0.2, 0.25) is 5.02 Å². The lowest BCUT2D eigenvalue weighted by Crippen LogP contribution is -1.97. The molecule has 0 aliphatic heterocycles. The molecule has 2 heterocycles. The minimum absolute atomic E-state index is 0.0719. The number of aryl methyl sites for hydroxylation is 1. The summed E-state index contributed by atoms with van der Waals surface area (Å²) in [6.07, 6.45) is 0. The lowest BCUT2D eigenvalue weighted by atomic mass is 10.2. The number of halogens is 2. The summed E-state index contributed by atoms with van der Waals surface area (Å²) < 4.78 is 16.9. The summed E-state index contributed by atoms with van der Waals surface area (Å²) in [4.78, 5) is 14.1. The Morgan fingerprint density at radius 1 is 1.21 bits per heavy atom. The molecular formula is C21H15ClFNO2S2. The Balaban J connectivity index is 1.95. The van der Waals surface area contributed by atoms with E-state index in [1.165, 1.54) is 11.8 Å². The Morgan fingerprint density at radius 3 is 2.68 bits per heavy atom. The lowest BCUT2D eigenvalue weighted by Gasteiger charge is -2.07. The molecule has 4 aromatic rings. The van der Waals surface area contributed by atoms with E-state index >= 15 is 4.39 Å². The number of carboxylic acids is 1. The molecule has 3 nitrogen and oxygen atoms in total. The first-order chi connectivity index (χ1) is 13.4. The highest BCUT2D eigenvalue weighted by Gasteiger charge is 2.21. The molecule has 0 atom stereocenters. The van der Waals surface area contributed by atoms with Crippen LogP contribution in [0.25, 0.3) is 16.6 Å². The van der Waals surface area contributed by atoms with Gasteiger partial charge < -0.3 is 9.67 Å². The van der Waals surface area contributed by atoms with Crippen LogP contribution in [0.5, 0.6) is 0 Å². The maximum absolute atomic E-state index is 15.0. The summed E-state index contributed by atoms with van der Waals surface area (Å²) in [5.74, 6) is -1.44. The number of rotatable bonds is 4. The zero-order chi connectivity index (χ0) is 20.0. The third kappa shape index (κ3) is 3.21. The second-order valence-corrected chi connectivity index (χ2v) is 8.96. The van der Waals surface area contributed by atoms with E-state index in [0.29, 0.717) is 5.52 Å². The van der Waals surface area contributed by atoms with Crippen LogP contribution in [0.3, 0.4) is 0 Å². The van der Waals surface area contributed by atoms with Gasteiger partial charge in [0.15, 0.2) is 5.82 Å². The van der Waals surface area contributed by atoms with Gasteiger partial charge in [0.25, 0.3) is 0 Å². The van der Waals surface area contributed by atoms with Gasteiger partial charge in [-0.3, -0.25) is 0 Å². The number of benzene rings is 2. The van der Waals surface area contributed by atoms with Crippen LogP contribution in [0, 0.1) is 19.7 Å². The number of aromatic nitrogens is 1. The number of hydrogen-bond acceptors (Lipinski definition) is 3. The van der Waals surface area contributed by atoms with Gasteiger partial charge in [0.2, 0.25) is 0 Å². The Hall–Kier alpha value is -2.28. The van der Waals surface area contributed by atoms with Gasteiger partial charge in [0.05, 0.1) is 21.8 Å². The van der Waals surface area contributed by atoms with Crippen LogP contribution in [0.15, 0.2) is 57.6 Å². The van der Waals surface area contributed by atoms with Crippen molar-refractivity contribution in [2.24, 2.45) is 0 Å². The van der Waals surface area contributed by atoms with Crippen molar-refractivity contribution in [3.63, 3.8) is 0 Å². The van der Waals surface area contributed by atoms with E-state index in [9.17, 15) is 9.90 Å². The number of nitrogens with zero attached hydrogens (tertiary/aromatic N) is 1. The van der Waals surface area contributed by atoms with Crippen molar-refractivity contribution < 1.29 is 14.3 Å². The van der Waals surface area contributed by atoms with Crippen LogP contribution < -0.4 is 0 Å². The molecule has 4 rings (SSSR count). The van der Waals surface area contributed by atoms with Gasteiger partial charge in [-0.1, -0.05) is 29.4 Å². The Morgan fingerprint density at radius 2 is 2.00 bits per heavy atom. The predicted octanol–water partition coefficient (Wildman–Crippen LogP) is 6.95. The summed E-state index contributed by atoms with van der Waals surface area (Å²) in [5, 5.41) is 12.1. The molecule has 7 heteroatoms. The molecular weight excluding hydrogens is 417 g/mol. The molecule has 2 aromatic heterocycles. The highest BCUT2D eigenvalue weighted by molar-refractivity contribution is 7.99. The van der Waals surface area contributed by atoms with Crippen molar-refractivity contribution in [1.29, 1.82) is 0 Å². The summed E-state index contributed by atoms with van der Waals surface area (Å²) in [6.45, 7) is 3.94. The highest BCUT2D eigenvalue weighted by atomic mass is 35.5. The van der Waals surface area contributed by atoms with Crippen LogP contribution in [0.4, 0.5) is 4.39 Å². The molecule has 2 aromatic carbocycles. The number of hydrogen-bond donors (Lipinski definition) is 1. The lowest BCUT2D eigenvalue weighted by molar-refractivity contribution is 0.0696. The third-order valence-corrected chi connectivity index (χ3v) is 6.83. The van der Waals surface area contributed by atoms with Gasteiger partial charge in [0.1, 0.15) is 0 Å². The number of carbonyl (C=O) groups is 1. The van der Waals surface area contributed by atoms with Gasteiger partial charge in [-0.05, 0) is 50.2 Å². The van der Waals surface area contributed by atoms with Gasteiger partial charge in [0, 0.05) is 31.1 Å². The van der Waals surface area contributed by atoms with Crippen LogP contribution in [-0.2, 0) is 0 Å². The Kier molecular flexibility index (Phi) is 4.95. The molecule has 0 aliphatic rings. The molecule has 0 unspecified atom stereocenters.